The van der Waals surface area contributed by atoms with Crippen molar-refractivity contribution in [3.63, 3.8) is 0 Å². The molecule has 0 aliphatic heterocycles. The van der Waals surface area contributed by atoms with Gasteiger partial charge in [0, 0.05) is 6.54 Å². The van der Waals surface area contributed by atoms with Crippen LogP contribution >= 0.6 is 0 Å². The van der Waals surface area contributed by atoms with E-state index in [0.29, 0.717) is 0 Å². The van der Waals surface area contributed by atoms with Gasteiger partial charge in [0.1, 0.15) is 0 Å². The first kappa shape index (κ1) is 61.9. The smallest absolute Gasteiger partial charge is 0.870 e. The van der Waals surface area contributed by atoms with Crippen molar-refractivity contribution in [2.24, 2.45) is 5.73 Å². The third-order valence-corrected chi connectivity index (χ3v) is 0.167. The minimum Gasteiger partial charge on any atom is -0.870 e. The van der Waals surface area contributed by atoms with Crippen LogP contribution in [0.25, 0.3) is 0 Å². The molecule has 0 amide bonds. The first-order chi connectivity index (χ1) is 2.27. The van der Waals surface area contributed by atoms with Crippen molar-refractivity contribution in [1.82, 2.24) is 0 Å². The summed E-state index contributed by atoms with van der Waals surface area (Å²) in [7, 11) is 0. The average molecular weight is 193 g/mol. The van der Waals surface area contributed by atoms with Crippen LogP contribution in [-0.2, 0) is 4.79 Å². The van der Waals surface area contributed by atoms with E-state index >= 15 is 0 Å². The molecule has 0 aromatic rings. The second kappa shape index (κ2) is 46.4. The molecule has 0 saturated heterocycles. The number of hydrogen-bond acceptors (Lipinski definition) is 7. The number of carbonyl (C=O) groups excluding carboxylic acids is 1. The molecule has 0 atom stereocenters. The zero-order valence-corrected chi connectivity index (χ0v) is 8.24. The Bertz CT molecular complexity index is 55.8. The summed E-state index contributed by atoms with van der Waals surface area (Å²) in [4.78, 5) is 9.13. The molecule has 0 aromatic heterocycles. The predicted molar refractivity (Wildman–Crippen MR) is 33.3 cm³/mol. The molecule has 0 aromatic carbocycles. The van der Waals surface area contributed by atoms with Crippen molar-refractivity contribution in [3.05, 3.63) is 0 Å². The minimum absolute atomic E-state index is 0. The van der Waals surface area contributed by atoms with Crippen molar-refractivity contribution in [1.29, 1.82) is 0 Å². The van der Waals surface area contributed by atoms with E-state index in [0.717, 1.165) is 0 Å². The van der Waals surface area contributed by atoms with Crippen LogP contribution in [0.15, 0.2) is 0 Å². The van der Waals surface area contributed by atoms with Gasteiger partial charge in [0.05, 0.1) is 5.97 Å². The third kappa shape index (κ3) is 118. The number of rotatable bonds is 1. The Morgan fingerprint density at radius 3 is 1.27 bits per heavy atom. The van der Waals surface area contributed by atoms with Gasteiger partial charge < -0.3 is 37.5 Å². The predicted octanol–water partition coefficient (Wildman–Crippen LogP) is -3.77. The molecule has 7 nitrogen and oxygen atoms in total. The molecule has 9 heteroatoms. The molecule has 0 rings (SSSR count). The van der Waals surface area contributed by atoms with Crippen molar-refractivity contribution in [2.45, 2.75) is 0 Å². The van der Waals surface area contributed by atoms with Crippen molar-refractivity contribution >= 4 is 46.4 Å². The van der Waals surface area contributed by atoms with Crippen LogP contribution in [0.5, 0.6) is 0 Å². The molecule has 0 spiro atoms. The summed E-state index contributed by atoms with van der Waals surface area (Å²) in [6.45, 7) is -0.389. The Labute approximate surface area is 90.5 Å². The van der Waals surface area contributed by atoms with E-state index in [1.807, 2.05) is 0 Å². The maximum atomic E-state index is 9.13. The van der Waals surface area contributed by atoms with Crippen LogP contribution in [0.4, 0.5) is 0 Å². The number of nitrogens with two attached hydrogens (primary N) is 1. The van der Waals surface area contributed by atoms with Crippen molar-refractivity contribution in [3.8, 4) is 0 Å². The summed E-state index contributed by atoms with van der Waals surface area (Å²) in [5.41, 5.74) is 4.51. The molecule has 0 saturated carbocycles. The van der Waals surface area contributed by atoms with Crippen LogP contribution in [0.3, 0.4) is 0 Å². The molecule has 0 radical (unpaired) electrons. The Hall–Kier alpha value is 0.569. The number of hydrogen-bond donors (Lipinski definition) is 1. The molecule has 0 aliphatic carbocycles. The first-order valence-corrected chi connectivity index (χ1v) is 1.17. The monoisotopic (exact) mass is 193 g/mol. The summed E-state index contributed by atoms with van der Waals surface area (Å²) >= 11 is 0. The van der Waals surface area contributed by atoms with E-state index in [1.54, 1.807) is 0 Å². The molecular formula is C2H8AlMgNO6. The van der Waals surface area contributed by atoms with Gasteiger partial charge in [-0.3, -0.25) is 0 Å². The number of aliphatic carboxylic acids is 1. The number of carboxylic acid groups (broad SMARTS) is 1. The van der Waals surface area contributed by atoms with E-state index in [2.05, 4.69) is 5.73 Å². The van der Waals surface area contributed by atoms with Crippen LogP contribution in [0, 0.1) is 0 Å². The van der Waals surface area contributed by atoms with Gasteiger partial charge in [0.25, 0.3) is 0 Å². The second-order valence-electron chi connectivity index (χ2n) is 0.576. The first-order valence-electron chi connectivity index (χ1n) is 1.17. The summed E-state index contributed by atoms with van der Waals surface area (Å²) in [6, 6.07) is 0. The number of carbonyl (C=O) groups is 1. The fourth-order valence-electron chi connectivity index (χ4n) is 0. The molecule has 0 bridgehead atoms. The van der Waals surface area contributed by atoms with E-state index in [-0.39, 0.29) is 68.9 Å². The van der Waals surface area contributed by atoms with Crippen LogP contribution in [-0.4, -0.2) is 74.8 Å². The van der Waals surface area contributed by atoms with Gasteiger partial charge in [-0.05, 0) is 0 Å². The molecule has 11 heavy (non-hydrogen) atoms. The second-order valence-corrected chi connectivity index (χ2v) is 0.576. The van der Waals surface area contributed by atoms with Crippen LogP contribution < -0.4 is 10.8 Å². The maximum Gasteiger partial charge on any atom is 3.00 e. The van der Waals surface area contributed by atoms with Gasteiger partial charge in [-0.25, -0.2) is 0 Å². The quantitative estimate of drug-likeness (QED) is 0.413. The van der Waals surface area contributed by atoms with E-state index < -0.39 is 5.97 Å². The molecule has 6 N–H and O–H groups in total. The summed E-state index contributed by atoms with van der Waals surface area (Å²) in [5, 5.41) is 9.13. The zero-order chi connectivity index (χ0) is 4.28. The molecule has 0 heterocycles. The normalized spacial score (nSPS) is 3.36. The topological polar surface area (TPSA) is 186 Å². The van der Waals surface area contributed by atoms with Gasteiger partial charge in [0.15, 0.2) is 0 Å². The summed E-state index contributed by atoms with van der Waals surface area (Å²) < 4.78 is 0. The maximum absolute atomic E-state index is 9.13. The molecule has 62 valence electrons. The van der Waals surface area contributed by atoms with Gasteiger partial charge in [-0.2, -0.15) is 0 Å². The molecule has 0 unspecified atom stereocenters. The molecule has 0 aliphatic rings. The Morgan fingerprint density at radius 2 is 1.27 bits per heavy atom. The largest absolute Gasteiger partial charge is 3.00 e. The minimum atomic E-state index is -1.22. The summed E-state index contributed by atoms with van der Waals surface area (Å²) in [5.74, 6) is -1.22. The van der Waals surface area contributed by atoms with Crippen LogP contribution in [0.1, 0.15) is 0 Å². The number of carboxylic acids is 1. The molecule has 0 fully saturated rings. The Balaban J connectivity index is -0.00000000533. The van der Waals surface area contributed by atoms with Crippen molar-refractivity contribution < 1.29 is 31.8 Å². The summed E-state index contributed by atoms with van der Waals surface area (Å²) in [6.07, 6.45) is 0. The van der Waals surface area contributed by atoms with Gasteiger partial charge in [-0.1, -0.05) is 0 Å². The Morgan fingerprint density at radius 1 is 1.18 bits per heavy atom. The average Bonchev–Trinajstić information content (AvgIpc) is 1.38. The third-order valence-electron chi connectivity index (χ3n) is 0.167. The standard InChI is InChI=1S/C2H5NO2.Al.Mg.4H2O/c3-1-2(4)5;;;;;;/h1,3H2,(H,4,5);;;4*1H2/q;+3;+2;;;;/p-5. The Kier molecular flexibility index (Phi) is 261. The van der Waals surface area contributed by atoms with E-state index in [4.69, 9.17) is 9.90 Å². The van der Waals surface area contributed by atoms with Gasteiger partial charge in [-0.15, -0.1) is 0 Å². The zero-order valence-electron chi connectivity index (χ0n) is 5.67. The fraction of sp³-hybridized carbons (Fsp3) is 0.500. The SMILES string of the molecule is NCC(=O)[O-].[Al+3].[Mg+2].[OH-].[OH-].[OH-].[OH-]. The van der Waals surface area contributed by atoms with Gasteiger partial charge >= 0.3 is 40.4 Å². The fourth-order valence-corrected chi connectivity index (χ4v) is 0. The van der Waals surface area contributed by atoms with Crippen molar-refractivity contribution in [2.75, 3.05) is 6.54 Å². The molecular weight excluding hydrogens is 185 g/mol. The van der Waals surface area contributed by atoms with E-state index in [1.165, 1.54) is 0 Å². The van der Waals surface area contributed by atoms with Gasteiger partial charge in [0.2, 0.25) is 0 Å². The van der Waals surface area contributed by atoms with Crippen LogP contribution in [0.2, 0.25) is 0 Å². The van der Waals surface area contributed by atoms with E-state index in [9.17, 15) is 0 Å².